The van der Waals surface area contributed by atoms with Crippen LogP contribution in [0.15, 0.2) is 0 Å². The van der Waals surface area contributed by atoms with E-state index in [9.17, 15) is 19.8 Å². The molecule has 0 fully saturated rings. The van der Waals surface area contributed by atoms with Crippen LogP contribution in [0.1, 0.15) is 34.1 Å². The third-order valence-corrected chi connectivity index (χ3v) is 3.37. The van der Waals surface area contributed by atoms with E-state index in [1.807, 2.05) is 0 Å². The first kappa shape index (κ1) is 28.5. The van der Waals surface area contributed by atoms with Gasteiger partial charge in [-0.25, -0.2) is 0 Å². The SMILES string of the molecule is CCN(CC)CC[NH3+].CCN(CC)CC[NH3+].O=C([O-])CC(O)C(=O)[O-]. The van der Waals surface area contributed by atoms with Crippen molar-refractivity contribution in [1.82, 2.24) is 9.80 Å². The first-order valence-electron chi connectivity index (χ1n) is 8.85. The van der Waals surface area contributed by atoms with Gasteiger partial charge in [0.1, 0.15) is 0 Å². The number of aliphatic hydroxyl groups is 1. The Labute approximate surface area is 151 Å². The molecule has 25 heavy (non-hydrogen) atoms. The fourth-order valence-corrected chi connectivity index (χ4v) is 1.77. The van der Waals surface area contributed by atoms with Gasteiger partial charge in [-0.3, -0.25) is 9.80 Å². The molecule has 0 aliphatic rings. The van der Waals surface area contributed by atoms with Gasteiger partial charge in [0.2, 0.25) is 0 Å². The van der Waals surface area contributed by atoms with Crippen molar-refractivity contribution in [1.29, 1.82) is 0 Å². The fraction of sp³-hybridized carbons (Fsp3) is 0.875. The molecule has 0 aliphatic heterocycles. The summed E-state index contributed by atoms with van der Waals surface area (Å²) in [5.41, 5.74) is 7.56. The normalized spacial score (nSPS) is 11.2. The van der Waals surface area contributed by atoms with Crippen LogP contribution in [0.3, 0.4) is 0 Å². The Balaban J connectivity index is -0.000000291. The topological polar surface area (TPSA) is 162 Å². The van der Waals surface area contributed by atoms with Crippen LogP contribution in [0, 0.1) is 0 Å². The molecule has 0 radical (unpaired) electrons. The number of carboxylic acid groups (broad SMARTS) is 2. The maximum absolute atomic E-state index is 9.58. The molecule has 9 nitrogen and oxygen atoms in total. The van der Waals surface area contributed by atoms with Crippen molar-refractivity contribution in [2.45, 2.75) is 40.2 Å². The summed E-state index contributed by atoms with van der Waals surface area (Å²) < 4.78 is 0. The molecule has 0 rings (SSSR count). The molecule has 152 valence electrons. The van der Waals surface area contributed by atoms with E-state index in [0.29, 0.717) is 0 Å². The maximum Gasteiger partial charge on any atom is 0.0985 e. The van der Waals surface area contributed by atoms with Crippen molar-refractivity contribution in [3.8, 4) is 0 Å². The molecule has 0 aromatic heterocycles. The van der Waals surface area contributed by atoms with Gasteiger partial charge in [-0.2, -0.15) is 0 Å². The zero-order valence-electron chi connectivity index (χ0n) is 16.3. The molecule has 0 saturated carbocycles. The summed E-state index contributed by atoms with van der Waals surface area (Å²) in [6.45, 7) is 17.7. The van der Waals surface area contributed by atoms with Crippen molar-refractivity contribution in [3.63, 3.8) is 0 Å². The first-order valence-corrected chi connectivity index (χ1v) is 8.85. The number of carbonyl (C=O) groups excluding carboxylic acids is 2. The van der Waals surface area contributed by atoms with Crippen molar-refractivity contribution < 1.29 is 36.4 Å². The highest BCUT2D eigenvalue weighted by atomic mass is 16.4. The number of hydrogen-bond acceptors (Lipinski definition) is 7. The Morgan fingerprint density at radius 2 is 1.20 bits per heavy atom. The summed E-state index contributed by atoms with van der Waals surface area (Å²) in [7, 11) is 0. The standard InChI is InChI=1S/2C6H16N2.C4H6O5/c2*1-3-8(4-2)6-5-7;5-2(4(8)9)1-3(6)7/h2*3-7H2,1-2H3;2,5H,1H2,(H,6,7)(H,8,9). The predicted octanol–water partition coefficient (Wildman–Crippen LogP) is -4.62. The summed E-state index contributed by atoms with van der Waals surface area (Å²) in [4.78, 5) is 23.9. The summed E-state index contributed by atoms with van der Waals surface area (Å²) in [6, 6.07) is 0. The quantitative estimate of drug-likeness (QED) is 0.331. The van der Waals surface area contributed by atoms with Crippen LogP contribution in [0.25, 0.3) is 0 Å². The van der Waals surface area contributed by atoms with Crippen LogP contribution in [-0.2, 0) is 9.59 Å². The minimum absolute atomic E-state index is 0.928. The second kappa shape index (κ2) is 20.8. The van der Waals surface area contributed by atoms with E-state index in [2.05, 4.69) is 49.0 Å². The molecule has 0 aromatic rings. The van der Waals surface area contributed by atoms with E-state index in [1.54, 1.807) is 0 Å². The van der Waals surface area contributed by atoms with Gasteiger partial charge in [0, 0.05) is 25.5 Å². The lowest BCUT2D eigenvalue weighted by atomic mass is 10.3. The van der Waals surface area contributed by atoms with E-state index >= 15 is 0 Å². The highest BCUT2D eigenvalue weighted by Crippen LogP contribution is 1.85. The Morgan fingerprint density at radius 3 is 1.28 bits per heavy atom. The Hall–Kier alpha value is -1.26. The van der Waals surface area contributed by atoms with Gasteiger partial charge in [0.25, 0.3) is 0 Å². The van der Waals surface area contributed by atoms with Crippen LogP contribution in [0.2, 0.25) is 0 Å². The lowest BCUT2D eigenvalue weighted by molar-refractivity contribution is -0.369. The lowest BCUT2D eigenvalue weighted by Crippen LogP contribution is -2.54. The molecule has 0 amide bonds. The molecule has 0 bridgehead atoms. The average molecular weight is 367 g/mol. The van der Waals surface area contributed by atoms with Crippen LogP contribution in [-0.4, -0.2) is 85.3 Å². The van der Waals surface area contributed by atoms with Crippen molar-refractivity contribution >= 4 is 11.9 Å². The molecule has 9 heteroatoms. The van der Waals surface area contributed by atoms with E-state index < -0.39 is 24.5 Å². The second-order valence-electron chi connectivity index (χ2n) is 5.17. The summed E-state index contributed by atoms with van der Waals surface area (Å²) in [5.74, 6) is -3.43. The van der Waals surface area contributed by atoms with Crippen LogP contribution in [0.5, 0.6) is 0 Å². The number of hydrogen-bond donors (Lipinski definition) is 3. The third kappa shape index (κ3) is 22.7. The highest BCUT2D eigenvalue weighted by Gasteiger charge is 2.03. The lowest BCUT2D eigenvalue weighted by Gasteiger charge is -2.14. The molecule has 7 N–H and O–H groups in total. The van der Waals surface area contributed by atoms with E-state index in [-0.39, 0.29) is 0 Å². The van der Waals surface area contributed by atoms with E-state index in [0.717, 1.165) is 52.4 Å². The molecule has 0 saturated heterocycles. The van der Waals surface area contributed by atoms with Crippen molar-refractivity contribution in [2.75, 3.05) is 52.4 Å². The van der Waals surface area contributed by atoms with Gasteiger partial charge in [-0.15, -0.1) is 0 Å². The molecular weight excluding hydrogens is 328 g/mol. The number of carbonyl (C=O) groups is 2. The van der Waals surface area contributed by atoms with Gasteiger partial charge in [0.05, 0.1) is 25.2 Å². The predicted molar refractivity (Wildman–Crippen MR) is 91.7 cm³/mol. The molecule has 1 atom stereocenters. The summed E-state index contributed by atoms with van der Waals surface area (Å²) in [6.07, 6.45) is -2.89. The maximum atomic E-state index is 9.58. The molecule has 0 spiro atoms. The van der Waals surface area contributed by atoms with Crippen molar-refractivity contribution in [3.05, 3.63) is 0 Å². The Morgan fingerprint density at radius 1 is 0.880 bits per heavy atom. The monoisotopic (exact) mass is 366 g/mol. The number of rotatable bonds is 11. The number of nitrogens with zero attached hydrogens (tertiary/aromatic N) is 2. The van der Waals surface area contributed by atoms with Crippen LogP contribution >= 0.6 is 0 Å². The van der Waals surface area contributed by atoms with Crippen molar-refractivity contribution in [2.24, 2.45) is 0 Å². The van der Waals surface area contributed by atoms with Crippen LogP contribution < -0.4 is 21.7 Å². The number of aliphatic carboxylic acids is 2. The molecule has 1 unspecified atom stereocenters. The van der Waals surface area contributed by atoms with Gasteiger partial charge < -0.3 is 36.4 Å². The molecule has 0 aliphatic carbocycles. The Kier molecular flexibility index (Phi) is 23.7. The molecule has 0 heterocycles. The van der Waals surface area contributed by atoms with E-state index in [4.69, 9.17) is 5.11 Å². The first-order chi connectivity index (χ1) is 11.7. The minimum Gasteiger partial charge on any atom is -0.550 e. The third-order valence-electron chi connectivity index (χ3n) is 3.37. The van der Waals surface area contributed by atoms with Gasteiger partial charge in [0.15, 0.2) is 0 Å². The smallest absolute Gasteiger partial charge is 0.0985 e. The highest BCUT2D eigenvalue weighted by molar-refractivity contribution is 5.76. The van der Waals surface area contributed by atoms with Gasteiger partial charge >= 0.3 is 0 Å². The zero-order chi connectivity index (χ0) is 20.3. The fourth-order valence-electron chi connectivity index (χ4n) is 1.77. The minimum atomic E-state index is -1.96. The van der Waals surface area contributed by atoms with Gasteiger partial charge in [-0.05, 0) is 26.2 Å². The zero-order valence-corrected chi connectivity index (χ0v) is 16.3. The van der Waals surface area contributed by atoms with E-state index in [1.165, 1.54) is 0 Å². The van der Waals surface area contributed by atoms with Crippen LogP contribution in [0.4, 0.5) is 0 Å². The number of likely N-dealkylation sites (N-methyl/N-ethyl adjacent to an activating group) is 2. The van der Waals surface area contributed by atoms with Gasteiger partial charge in [-0.1, -0.05) is 27.7 Å². The largest absolute Gasteiger partial charge is 0.550 e. The molecule has 0 aromatic carbocycles. The second-order valence-corrected chi connectivity index (χ2v) is 5.17. The Bertz CT molecular complexity index is 297. The average Bonchev–Trinajstić information content (AvgIpc) is 2.58. The number of carboxylic acids is 2. The number of quaternary nitrogens is 2. The molecular formula is C16H38N4O5. The summed E-state index contributed by atoms with van der Waals surface area (Å²) >= 11 is 0. The number of aliphatic hydroxyl groups excluding tert-OH is 1. The summed E-state index contributed by atoms with van der Waals surface area (Å²) in [5, 5.41) is 27.3.